The molecule has 2 aliphatic heterocycles. The van der Waals surface area contributed by atoms with Crippen LogP contribution in [0.3, 0.4) is 0 Å². The summed E-state index contributed by atoms with van der Waals surface area (Å²) in [5.41, 5.74) is 9.26. The number of hydrogen-bond acceptors (Lipinski definition) is 10. The molecule has 0 bridgehead atoms. The molecular formula is C50H64ClN5O8. The van der Waals surface area contributed by atoms with Crippen LogP contribution in [0.4, 0.5) is 0 Å². The van der Waals surface area contributed by atoms with E-state index in [-0.39, 0.29) is 25.0 Å². The van der Waals surface area contributed by atoms with Gasteiger partial charge in [-0.1, -0.05) is 41.9 Å². The van der Waals surface area contributed by atoms with Crippen LogP contribution in [0.1, 0.15) is 94.4 Å². The molecular weight excluding hydrogens is 834 g/mol. The largest absolute Gasteiger partial charge is 0.494 e. The van der Waals surface area contributed by atoms with E-state index >= 15 is 0 Å². The Bertz CT molecular complexity index is 2370. The zero-order chi connectivity index (χ0) is 45.5. The Morgan fingerprint density at radius 2 is 1.45 bits per heavy atom. The van der Waals surface area contributed by atoms with Crippen molar-refractivity contribution >= 4 is 34.3 Å². The van der Waals surface area contributed by atoms with E-state index in [9.17, 15) is 14.7 Å². The number of ether oxygens (including phenoxy) is 5. The van der Waals surface area contributed by atoms with E-state index in [1.54, 1.807) is 24.3 Å². The maximum Gasteiger partial charge on any atom is 0.261 e. The second-order valence-electron chi connectivity index (χ2n) is 17.7. The Labute approximate surface area is 382 Å². The van der Waals surface area contributed by atoms with Crippen molar-refractivity contribution in [1.82, 2.24) is 24.1 Å². The highest BCUT2D eigenvalue weighted by molar-refractivity contribution is 6.32. The van der Waals surface area contributed by atoms with Gasteiger partial charge in [0.25, 0.3) is 11.8 Å². The van der Waals surface area contributed by atoms with Crippen LogP contribution in [0.25, 0.3) is 22.0 Å². The molecule has 2 aliphatic rings. The minimum absolute atomic E-state index is 0.201. The number of carbonyl (C=O) groups is 2. The van der Waals surface area contributed by atoms with E-state index in [1.807, 2.05) is 46.8 Å². The van der Waals surface area contributed by atoms with E-state index in [0.717, 1.165) is 99.1 Å². The van der Waals surface area contributed by atoms with Gasteiger partial charge < -0.3 is 33.4 Å². The van der Waals surface area contributed by atoms with Crippen LogP contribution in [-0.2, 0) is 38.5 Å². The number of fused-ring (bicyclic) bond motifs is 2. The maximum atomic E-state index is 12.6. The molecule has 0 aliphatic carbocycles. The summed E-state index contributed by atoms with van der Waals surface area (Å²) in [4.78, 5) is 28.9. The quantitative estimate of drug-likeness (QED) is 0.0437. The van der Waals surface area contributed by atoms with Crippen molar-refractivity contribution in [3.63, 3.8) is 0 Å². The molecule has 64 heavy (non-hydrogen) atoms. The fourth-order valence-electron chi connectivity index (χ4n) is 8.90. The molecule has 344 valence electrons. The minimum Gasteiger partial charge on any atom is -0.494 e. The summed E-state index contributed by atoms with van der Waals surface area (Å²) < 4.78 is 34.3. The first-order valence-electron chi connectivity index (χ1n) is 22.6. The lowest BCUT2D eigenvalue weighted by atomic mass is 9.98. The number of aromatic nitrogens is 3. The Balaban J connectivity index is 1.06. The Hall–Kier alpha value is -4.60. The molecule has 0 saturated carbocycles. The molecule has 1 fully saturated rings. The third-order valence-electron chi connectivity index (χ3n) is 11.9. The average molecular weight is 899 g/mol. The van der Waals surface area contributed by atoms with Crippen LogP contribution in [0, 0.1) is 27.7 Å². The van der Waals surface area contributed by atoms with E-state index in [4.69, 9.17) is 40.4 Å². The number of imide groups is 1. The normalized spacial score (nSPS) is 15.2. The first-order chi connectivity index (χ1) is 30.7. The summed E-state index contributed by atoms with van der Waals surface area (Å²) >= 11 is 6.44. The molecule has 2 aromatic heterocycles. The highest BCUT2D eigenvalue weighted by Crippen LogP contribution is 2.41. The molecule has 14 heteroatoms. The molecule has 0 radical (unpaired) electrons. The molecule has 1 unspecified atom stereocenters. The fourth-order valence-corrected chi connectivity index (χ4v) is 9.01. The van der Waals surface area contributed by atoms with Crippen molar-refractivity contribution < 1.29 is 38.4 Å². The van der Waals surface area contributed by atoms with Crippen molar-refractivity contribution in [3.8, 4) is 16.9 Å². The second kappa shape index (κ2) is 21.1. The summed E-state index contributed by atoms with van der Waals surface area (Å²) in [5.74, 6) is 0.238. The standard InChI is InChI=1S/C50H64ClN5O8/c1-33-31-37(32-34(2)44(33)51)63-25-11-17-39-38-15-10-16-42(45(38)54(20-19-53-21-26-61-27-22-53)46(39)49(59)64-50(5,6)7)43-35(3)52-56(36(43)4)18-12-24-60-29-30-62-28-23-55-47(57)40-13-8-9-14-41(40)48(55)58/h8-10,13-16,31-32,49,59H,11-12,17-30H2,1-7H3. The predicted molar refractivity (Wildman–Crippen MR) is 248 cm³/mol. The molecule has 3 aromatic carbocycles. The smallest absolute Gasteiger partial charge is 0.261 e. The van der Waals surface area contributed by atoms with Gasteiger partial charge >= 0.3 is 0 Å². The summed E-state index contributed by atoms with van der Waals surface area (Å²) in [7, 11) is 0. The van der Waals surface area contributed by atoms with E-state index in [0.29, 0.717) is 70.3 Å². The van der Waals surface area contributed by atoms with Gasteiger partial charge in [-0.2, -0.15) is 5.10 Å². The van der Waals surface area contributed by atoms with Gasteiger partial charge in [0.2, 0.25) is 0 Å². The van der Waals surface area contributed by atoms with Crippen molar-refractivity contribution in [2.75, 3.05) is 72.4 Å². The number of para-hydroxylation sites is 1. The third-order valence-corrected chi connectivity index (χ3v) is 12.5. The number of morpholine rings is 1. The van der Waals surface area contributed by atoms with Gasteiger partial charge in [0, 0.05) is 66.6 Å². The summed E-state index contributed by atoms with van der Waals surface area (Å²) in [5, 5.41) is 18.9. The molecule has 1 atom stereocenters. The first-order valence-corrected chi connectivity index (χ1v) is 23.0. The molecule has 1 N–H and O–H groups in total. The molecule has 5 aromatic rings. The zero-order valence-corrected chi connectivity index (χ0v) is 39.3. The van der Waals surface area contributed by atoms with Gasteiger partial charge in [-0.3, -0.25) is 24.1 Å². The number of benzene rings is 3. The SMILES string of the molecule is Cc1cc(OCCCc2c(C(O)OC(C)(C)C)n(CCN3CCOCC3)c3c(-c4c(C)nn(CCCOCCOCCN5C(=O)c6ccccc6C5=O)c4C)cccc23)cc(C)c1Cl. The number of carbonyl (C=O) groups excluding carboxylic acids is 2. The van der Waals surface area contributed by atoms with Crippen molar-refractivity contribution in [2.45, 2.75) is 92.7 Å². The Kier molecular flexibility index (Phi) is 15.6. The maximum absolute atomic E-state index is 12.6. The van der Waals surface area contributed by atoms with E-state index < -0.39 is 11.9 Å². The number of amides is 2. The topological polar surface area (TPSA) is 130 Å². The monoisotopic (exact) mass is 897 g/mol. The molecule has 7 rings (SSSR count). The van der Waals surface area contributed by atoms with Crippen LogP contribution in [0.2, 0.25) is 5.02 Å². The Morgan fingerprint density at radius 3 is 2.12 bits per heavy atom. The Morgan fingerprint density at radius 1 is 0.797 bits per heavy atom. The number of aryl methyl sites for hydroxylation is 5. The first kappa shape index (κ1) is 47.4. The summed E-state index contributed by atoms with van der Waals surface area (Å²) in [6.45, 7) is 21.5. The van der Waals surface area contributed by atoms with Crippen molar-refractivity contribution in [3.05, 3.63) is 105 Å². The van der Waals surface area contributed by atoms with Crippen LogP contribution in [0.15, 0.2) is 54.6 Å². The number of hydrogen-bond donors (Lipinski definition) is 1. The lowest BCUT2D eigenvalue weighted by Crippen LogP contribution is -2.38. The molecule has 0 spiro atoms. The number of rotatable bonds is 21. The highest BCUT2D eigenvalue weighted by atomic mass is 35.5. The van der Waals surface area contributed by atoms with Gasteiger partial charge in [0.1, 0.15) is 5.75 Å². The van der Waals surface area contributed by atoms with E-state index in [1.165, 1.54) is 4.90 Å². The highest BCUT2D eigenvalue weighted by Gasteiger charge is 2.35. The van der Waals surface area contributed by atoms with Gasteiger partial charge in [-0.25, -0.2) is 0 Å². The summed E-state index contributed by atoms with van der Waals surface area (Å²) in [6, 6.07) is 17.3. The lowest BCUT2D eigenvalue weighted by Gasteiger charge is -2.29. The number of halogens is 1. The predicted octanol–water partition coefficient (Wildman–Crippen LogP) is 8.26. The fraction of sp³-hybridized carbons (Fsp3) is 0.500. The van der Waals surface area contributed by atoms with Crippen molar-refractivity contribution in [1.29, 1.82) is 0 Å². The van der Waals surface area contributed by atoms with Gasteiger partial charge in [0.15, 0.2) is 6.29 Å². The molecule has 1 saturated heterocycles. The van der Waals surface area contributed by atoms with Crippen molar-refractivity contribution in [2.24, 2.45) is 0 Å². The van der Waals surface area contributed by atoms with Crippen LogP contribution in [0.5, 0.6) is 5.75 Å². The number of nitrogens with zero attached hydrogens (tertiary/aromatic N) is 5. The molecule has 13 nitrogen and oxygen atoms in total. The second-order valence-corrected chi connectivity index (χ2v) is 18.1. The van der Waals surface area contributed by atoms with E-state index in [2.05, 4.69) is 46.2 Å². The lowest BCUT2D eigenvalue weighted by molar-refractivity contribution is -0.173. The third kappa shape index (κ3) is 10.9. The van der Waals surface area contributed by atoms with Gasteiger partial charge in [-0.15, -0.1) is 0 Å². The number of aliphatic hydroxyl groups excluding tert-OH is 1. The zero-order valence-electron chi connectivity index (χ0n) is 38.5. The van der Waals surface area contributed by atoms with Crippen LogP contribution in [-0.4, -0.2) is 119 Å². The number of aliphatic hydroxyl groups is 1. The van der Waals surface area contributed by atoms with Gasteiger partial charge in [0.05, 0.1) is 79.8 Å². The average Bonchev–Trinajstić information content (AvgIpc) is 3.83. The molecule has 4 heterocycles. The van der Waals surface area contributed by atoms with Gasteiger partial charge in [-0.05, 0) is 109 Å². The molecule has 2 amide bonds. The summed E-state index contributed by atoms with van der Waals surface area (Å²) in [6.07, 6.45) is 0.987. The minimum atomic E-state index is -1.16. The van der Waals surface area contributed by atoms with Crippen LogP contribution >= 0.6 is 11.6 Å². The van der Waals surface area contributed by atoms with Crippen LogP contribution < -0.4 is 4.74 Å².